The molecule has 154 valence electrons. The van der Waals surface area contributed by atoms with Crippen molar-refractivity contribution in [2.45, 2.75) is 37.2 Å². The lowest BCUT2D eigenvalue weighted by Crippen LogP contribution is -2.31. The van der Waals surface area contributed by atoms with E-state index in [0.717, 1.165) is 29.7 Å². The molecule has 0 atom stereocenters. The number of ether oxygens (including phenoxy) is 1. The molecule has 1 N–H and O–H groups in total. The Morgan fingerprint density at radius 3 is 2.74 bits per heavy atom. The van der Waals surface area contributed by atoms with Crippen molar-refractivity contribution in [1.82, 2.24) is 24.9 Å². The predicted molar refractivity (Wildman–Crippen MR) is 110 cm³/mol. The molecule has 0 unspecified atom stereocenters. The van der Waals surface area contributed by atoms with E-state index in [1.54, 1.807) is 42.9 Å². The highest BCUT2D eigenvalue weighted by Gasteiger charge is 2.48. The third-order valence-corrected chi connectivity index (χ3v) is 6.37. The SMILES string of the molecule is O=C1O[C@]2(CC[C@H](c3nc4nc(-c5ccccc5F)ncc4[nH]3)CC2)c2cnccc21. The van der Waals surface area contributed by atoms with E-state index in [2.05, 4.69) is 24.9 Å². The number of hydrogen-bond acceptors (Lipinski definition) is 6. The normalized spacial score (nSPS) is 22.6. The molecule has 1 spiro atoms. The van der Waals surface area contributed by atoms with Crippen molar-refractivity contribution in [2.24, 2.45) is 0 Å². The average molecular weight is 415 g/mol. The fourth-order valence-electron chi connectivity index (χ4n) is 4.74. The molecule has 0 amide bonds. The lowest BCUT2D eigenvalue weighted by atomic mass is 9.75. The van der Waals surface area contributed by atoms with Crippen LogP contribution < -0.4 is 0 Å². The van der Waals surface area contributed by atoms with Crippen molar-refractivity contribution < 1.29 is 13.9 Å². The molecular formula is C23H18FN5O2. The fourth-order valence-corrected chi connectivity index (χ4v) is 4.74. The van der Waals surface area contributed by atoms with Gasteiger partial charge in [0.2, 0.25) is 0 Å². The summed E-state index contributed by atoms with van der Waals surface area (Å²) in [6.45, 7) is 0. The number of benzene rings is 1. The topological polar surface area (TPSA) is 93.6 Å². The second-order valence-electron chi connectivity index (χ2n) is 8.11. The number of nitrogens with one attached hydrogen (secondary N) is 1. The summed E-state index contributed by atoms with van der Waals surface area (Å²) >= 11 is 0. The number of fused-ring (bicyclic) bond motifs is 3. The quantitative estimate of drug-likeness (QED) is 0.491. The maximum absolute atomic E-state index is 14.1. The second kappa shape index (κ2) is 6.66. The van der Waals surface area contributed by atoms with Crippen LogP contribution in [-0.2, 0) is 10.3 Å². The number of hydrogen-bond donors (Lipinski definition) is 1. The summed E-state index contributed by atoms with van der Waals surface area (Å²) in [7, 11) is 0. The summed E-state index contributed by atoms with van der Waals surface area (Å²) in [5.74, 6) is 0.705. The van der Waals surface area contributed by atoms with Gasteiger partial charge in [0.25, 0.3) is 0 Å². The zero-order valence-electron chi connectivity index (χ0n) is 16.5. The van der Waals surface area contributed by atoms with Crippen molar-refractivity contribution >= 4 is 17.1 Å². The van der Waals surface area contributed by atoms with Crippen LogP contribution in [0.15, 0.2) is 48.9 Å². The molecule has 6 rings (SSSR count). The Kier molecular flexibility index (Phi) is 3.89. The van der Waals surface area contributed by atoms with Gasteiger partial charge in [-0.2, -0.15) is 0 Å². The Bertz CT molecular complexity index is 1330. The first-order valence-electron chi connectivity index (χ1n) is 10.3. The highest BCUT2D eigenvalue weighted by atomic mass is 19.1. The highest BCUT2D eigenvalue weighted by Crippen LogP contribution is 2.49. The van der Waals surface area contributed by atoms with Gasteiger partial charge in [-0.3, -0.25) is 4.98 Å². The van der Waals surface area contributed by atoms with E-state index in [-0.39, 0.29) is 17.7 Å². The number of halogens is 1. The minimum Gasteiger partial charge on any atom is -0.450 e. The first-order valence-corrected chi connectivity index (χ1v) is 10.3. The number of carbonyl (C=O) groups is 1. The van der Waals surface area contributed by atoms with E-state index >= 15 is 0 Å². The lowest BCUT2D eigenvalue weighted by Gasteiger charge is -2.35. The number of esters is 1. The molecule has 0 bridgehead atoms. The molecule has 31 heavy (non-hydrogen) atoms. The van der Waals surface area contributed by atoms with E-state index in [4.69, 9.17) is 4.74 Å². The molecule has 0 radical (unpaired) electrons. The first kappa shape index (κ1) is 18.1. The van der Waals surface area contributed by atoms with Crippen LogP contribution in [-0.4, -0.2) is 30.9 Å². The van der Waals surface area contributed by atoms with Gasteiger partial charge in [0.15, 0.2) is 11.5 Å². The predicted octanol–water partition coefficient (Wildman–Crippen LogP) is 4.28. The number of pyridine rings is 1. The van der Waals surface area contributed by atoms with Crippen molar-refractivity contribution in [1.29, 1.82) is 0 Å². The van der Waals surface area contributed by atoms with E-state index < -0.39 is 5.60 Å². The minimum atomic E-state index is -0.582. The standard InChI is InChI=1S/C23H18FN5O2/c24-17-4-2-1-3-15(17)20-26-12-18-21(29-20)28-19(27-18)13-5-8-23(9-6-13)16-11-25-10-7-14(16)22(30)31-23/h1-4,7,10-13H,5-6,8-9H2,(H,26,27,28,29)/t13-,23-. The molecule has 1 fully saturated rings. The molecule has 7 nitrogen and oxygen atoms in total. The van der Waals surface area contributed by atoms with Crippen molar-refractivity contribution in [2.75, 3.05) is 0 Å². The number of H-pyrrole nitrogens is 1. The van der Waals surface area contributed by atoms with Gasteiger partial charge in [-0.1, -0.05) is 12.1 Å². The molecule has 1 saturated carbocycles. The number of carbonyl (C=O) groups excluding carboxylic acids is 1. The molecule has 1 aliphatic heterocycles. The summed E-state index contributed by atoms with van der Waals surface area (Å²) in [5.41, 5.74) is 2.52. The second-order valence-corrected chi connectivity index (χ2v) is 8.11. The van der Waals surface area contributed by atoms with Gasteiger partial charge < -0.3 is 9.72 Å². The first-order chi connectivity index (χ1) is 15.1. The number of aromatic amines is 1. The van der Waals surface area contributed by atoms with Crippen LogP contribution >= 0.6 is 0 Å². The van der Waals surface area contributed by atoms with Gasteiger partial charge in [0.1, 0.15) is 22.8 Å². The molecule has 1 aromatic carbocycles. The van der Waals surface area contributed by atoms with Crippen LogP contribution in [0.1, 0.15) is 53.3 Å². The molecular weight excluding hydrogens is 397 g/mol. The molecule has 8 heteroatoms. The van der Waals surface area contributed by atoms with Crippen LogP contribution in [0.5, 0.6) is 0 Å². The Morgan fingerprint density at radius 2 is 1.90 bits per heavy atom. The van der Waals surface area contributed by atoms with E-state index in [1.807, 2.05) is 0 Å². The van der Waals surface area contributed by atoms with E-state index in [1.165, 1.54) is 6.07 Å². The van der Waals surface area contributed by atoms with Gasteiger partial charge in [0.05, 0.1) is 17.3 Å². The third-order valence-electron chi connectivity index (χ3n) is 6.37. The maximum Gasteiger partial charge on any atom is 0.339 e. The Morgan fingerprint density at radius 1 is 1.06 bits per heavy atom. The molecule has 4 aromatic rings. The zero-order valence-corrected chi connectivity index (χ0v) is 16.5. The van der Waals surface area contributed by atoms with Crippen LogP contribution in [0, 0.1) is 5.82 Å². The smallest absolute Gasteiger partial charge is 0.339 e. The van der Waals surface area contributed by atoms with Gasteiger partial charge >= 0.3 is 5.97 Å². The Labute approximate surface area is 176 Å². The van der Waals surface area contributed by atoms with Crippen molar-refractivity contribution in [3.05, 3.63) is 71.7 Å². The van der Waals surface area contributed by atoms with Crippen LogP contribution in [0.25, 0.3) is 22.6 Å². The van der Waals surface area contributed by atoms with Crippen LogP contribution in [0.2, 0.25) is 0 Å². The molecule has 4 heterocycles. The summed E-state index contributed by atoms with van der Waals surface area (Å²) in [6.07, 6.45) is 8.07. The van der Waals surface area contributed by atoms with Gasteiger partial charge in [-0.25, -0.2) is 24.1 Å². The van der Waals surface area contributed by atoms with E-state index in [9.17, 15) is 9.18 Å². The van der Waals surface area contributed by atoms with Gasteiger partial charge in [0, 0.05) is 23.9 Å². The van der Waals surface area contributed by atoms with Crippen LogP contribution in [0.4, 0.5) is 4.39 Å². The van der Waals surface area contributed by atoms with Crippen molar-refractivity contribution in [3.8, 4) is 11.4 Å². The van der Waals surface area contributed by atoms with Gasteiger partial charge in [-0.05, 0) is 43.9 Å². The van der Waals surface area contributed by atoms with Crippen molar-refractivity contribution in [3.63, 3.8) is 0 Å². The third kappa shape index (κ3) is 2.82. The number of imidazole rings is 1. The Hall–Kier alpha value is -3.68. The fraction of sp³-hybridized carbons (Fsp3) is 0.261. The van der Waals surface area contributed by atoms with Gasteiger partial charge in [-0.15, -0.1) is 0 Å². The largest absolute Gasteiger partial charge is 0.450 e. The minimum absolute atomic E-state index is 0.191. The molecule has 3 aromatic heterocycles. The zero-order chi connectivity index (χ0) is 21.0. The highest BCUT2D eigenvalue weighted by molar-refractivity contribution is 5.94. The summed E-state index contributed by atoms with van der Waals surface area (Å²) in [5, 5.41) is 0. The molecule has 0 saturated heterocycles. The Balaban J connectivity index is 1.27. The monoisotopic (exact) mass is 415 g/mol. The maximum atomic E-state index is 14.1. The van der Waals surface area contributed by atoms with E-state index in [0.29, 0.717) is 35.4 Å². The summed E-state index contributed by atoms with van der Waals surface area (Å²) < 4.78 is 19.9. The molecule has 1 aliphatic carbocycles. The average Bonchev–Trinajstić information content (AvgIpc) is 3.34. The van der Waals surface area contributed by atoms with Crippen LogP contribution in [0.3, 0.4) is 0 Å². The lowest BCUT2D eigenvalue weighted by molar-refractivity contribution is -0.0313. The number of rotatable bonds is 2. The summed E-state index contributed by atoms with van der Waals surface area (Å²) in [6, 6.07) is 8.16. The molecule has 2 aliphatic rings. The number of nitrogens with zero attached hydrogens (tertiary/aromatic N) is 4. The number of aromatic nitrogens is 5. The summed E-state index contributed by atoms with van der Waals surface area (Å²) in [4.78, 5) is 33.2.